The van der Waals surface area contributed by atoms with Crippen molar-refractivity contribution in [2.75, 3.05) is 19.0 Å². The van der Waals surface area contributed by atoms with Gasteiger partial charge in [0.05, 0.1) is 22.3 Å². The molecule has 0 unspecified atom stereocenters. The van der Waals surface area contributed by atoms with E-state index in [9.17, 15) is 0 Å². The van der Waals surface area contributed by atoms with Crippen molar-refractivity contribution in [3.8, 4) is 5.75 Å². The van der Waals surface area contributed by atoms with Gasteiger partial charge in [-0.25, -0.2) is 0 Å². The summed E-state index contributed by atoms with van der Waals surface area (Å²) in [6.45, 7) is 2.73. The van der Waals surface area contributed by atoms with E-state index in [4.69, 9.17) is 27.9 Å². The largest absolute Gasteiger partial charge is 0.491 e. The fourth-order valence-corrected chi connectivity index (χ4v) is 1.37. The lowest BCUT2D eigenvalue weighted by molar-refractivity contribution is 0.319. The van der Waals surface area contributed by atoms with Gasteiger partial charge in [-0.15, -0.1) is 0 Å². The molecule has 0 saturated carbocycles. The highest BCUT2D eigenvalue weighted by Crippen LogP contribution is 2.33. The normalized spacial score (nSPS) is 10.0. The Morgan fingerprint density at radius 1 is 1.29 bits per heavy atom. The van der Waals surface area contributed by atoms with E-state index >= 15 is 0 Å². The number of anilines is 1. The molecule has 4 heteroatoms. The Kier molecular flexibility index (Phi) is 4.36. The molecule has 0 aliphatic carbocycles. The molecule has 0 saturated heterocycles. The number of rotatable bonds is 4. The summed E-state index contributed by atoms with van der Waals surface area (Å²) in [5.41, 5.74) is 0.854. The third-order valence-electron chi connectivity index (χ3n) is 1.75. The van der Waals surface area contributed by atoms with Crippen LogP contribution in [0, 0.1) is 0 Å². The monoisotopic (exact) mass is 233 g/mol. The van der Waals surface area contributed by atoms with Crippen LogP contribution < -0.4 is 10.1 Å². The molecule has 14 heavy (non-hydrogen) atoms. The molecule has 0 aliphatic heterocycles. The van der Waals surface area contributed by atoms with Crippen LogP contribution in [0.1, 0.15) is 13.3 Å². The minimum atomic E-state index is 0.511. The van der Waals surface area contributed by atoms with Crippen molar-refractivity contribution in [3.05, 3.63) is 22.2 Å². The second-order valence-corrected chi connectivity index (χ2v) is 3.68. The first-order valence-electron chi connectivity index (χ1n) is 4.48. The Balaban J connectivity index is 2.95. The van der Waals surface area contributed by atoms with Gasteiger partial charge in [-0.2, -0.15) is 0 Å². The van der Waals surface area contributed by atoms with Crippen LogP contribution in [0.2, 0.25) is 10.0 Å². The van der Waals surface area contributed by atoms with Gasteiger partial charge in [-0.05, 0) is 12.5 Å². The second kappa shape index (κ2) is 5.32. The second-order valence-electron chi connectivity index (χ2n) is 2.86. The number of benzene rings is 1. The fourth-order valence-electron chi connectivity index (χ4n) is 1.06. The first kappa shape index (κ1) is 11.5. The van der Waals surface area contributed by atoms with E-state index in [1.165, 1.54) is 0 Å². The predicted molar refractivity (Wildman–Crippen MR) is 61.8 cm³/mol. The lowest BCUT2D eigenvalue weighted by Gasteiger charge is -2.11. The summed E-state index contributed by atoms with van der Waals surface area (Å²) in [5.74, 6) is 0.740. The molecule has 0 aromatic heterocycles. The number of hydrogen-bond acceptors (Lipinski definition) is 2. The average molecular weight is 234 g/mol. The zero-order valence-electron chi connectivity index (χ0n) is 8.23. The summed E-state index contributed by atoms with van der Waals surface area (Å²) < 4.78 is 5.51. The van der Waals surface area contributed by atoms with Crippen LogP contribution in [0.25, 0.3) is 0 Å². The fraction of sp³-hybridized carbons (Fsp3) is 0.400. The van der Waals surface area contributed by atoms with Crippen molar-refractivity contribution in [1.82, 2.24) is 0 Å². The van der Waals surface area contributed by atoms with Gasteiger partial charge in [-0.1, -0.05) is 30.1 Å². The topological polar surface area (TPSA) is 21.3 Å². The van der Waals surface area contributed by atoms with E-state index in [0.29, 0.717) is 16.7 Å². The summed E-state index contributed by atoms with van der Waals surface area (Å²) in [6.07, 6.45) is 0.962. The van der Waals surface area contributed by atoms with Gasteiger partial charge in [0.15, 0.2) is 0 Å². The van der Waals surface area contributed by atoms with Crippen LogP contribution in [0.15, 0.2) is 12.1 Å². The van der Waals surface area contributed by atoms with Gasteiger partial charge in [0.2, 0.25) is 0 Å². The molecule has 1 aromatic rings. The molecule has 0 heterocycles. The summed E-state index contributed by atoms with van der Waals surface area (Å²) in [5, 5.41) is 4.04. The molecule has 1 aromatic carbocycles. The Bertz CT molecular complexity index is 315. The Morgan fingerprint density at radius 2 is 1.93 bits per heavy atom. The molecule has 1 rings (SSSR count). The van der Waals surface area contributed by atoms with E-state index in [2.05, 4.69) is 12.2 Å². The maximum atomic E-state index is 5.88. The number of ether oxygens (including phenoxy) is 1. The maximum Gasteiger partial charge on any atom is 0.143 e. The highest BCUT2D eigenvalue weighted by Gasteiger charge is 2.06. The zero-order chi connectivity index (χ0) is 10.6. The van der Waals surface area contributed by atoms with Crippen molar-refractivity contribution < 1.29 is 4.74 Å². The number of hydrogen-bond donors (Lipinski definition) is 1. The molecule has 2 nitrogen and oxygen atoms in total. The molecule has 0 bridgehead atoms. The van der Waals surface area contributed by atoms with E-state index < -0.39 is 0 Å². The van der Waals surface area contributed by atoms with Crippen LogP contribution in [0.3, 0.4) is 0 Å². The third-order valence-corrected chi connectivity index (χ3v) is 2.48. The van der Waals surface area contributed by atoms with Gasteiger partial charge >= 0.3 is 0 Å². The molecular weight excluding hydrogens is 221 g/mol. The molecule has 0 radical (unpaired) electrons. The summed E-state index contributed by atoms with van der Waals surface area (Å²) in [6, 6.07) is 3.49. The molecule has 0 aliphatic rings. The Hall–Kier alpha value is -0.600. The average Bonchev–Trinajstić information content (AvgIpc) is 2.19. The maximum absolute atomic E-state index is 5.88. The molecule has 78 valence electrons. The summed E-state index contributed by atoms with van der Waals surface area (Å²) in [7, 11) is 1.82. The van der Waals surface area contributed by atoms with Crippen LogP contribution in [-0.2, 0) is 0 Å². The van der Waals surface area contributed by atoms with Crippen molar-refractivity contribution in [2.24, 2.45) is 0 Å². The first-order valence-corrected chi connectivity index (χ1v) is 5.24. The molecule has 0 atom stereocenters. The first-order chi connectivity index (χ1) is 6.69. The van der Waals surface area contributed by atoms with Gasteiger partial charge in [0.1, 0.15) is 5.75 Å². The SMILES string of the molecule is CCCOc1cc(Cl)c(Cl)cc1NC. The Labute approximate surface area is 94.2 Å². The predicted octanol–water partition coefficient (Wildman–Crippen LogP) is 3.82. The van der Waals surface area contributed by atoms with E-state index in [0.717, 1.165) is 17.9 Å². The van der Waals surface area contributed by atoms with Gasteiger partial charge < -0.3 is 10.1 Å². The van der Waals surface area contributed by atoms with Crippen LogP contribution >= 0.6 is 23.2 Å². The number of halogens is 2. The van der Waals surface area contributed by atoms with E-state index in [1.54, 1.807) is 12.1 Å². The summed E-state index contributed by atoms with van der Waals surface area (Å²) in [4.78, 5) is 0. The van der Waals surface area contributed by atoms with Gasteiger partial charge in [0.25, 0.3) is 0 Å². The van der Waals surface area contributed by atoms with Crippen molar-refractivity contribution in [3.63, 3.8) is 0 Å². The van der Waals surface area contributed by atoms with E-state index in [-0.39, 0.29) is 0 Å². The minimum absolute atomic E-state index is 0.511. The highest BCUT2D eigenvalue weighted by atomic mass is 35.5. The molecule has 0 spiro atoms. The van der Waals surface area contributed by atoms with Crippen molar-refractivity contribution in [1.29, 1.82) is 0 Å². The summed E-state index contributed by atoms with van der Waals surface area (Å²) >= 11 is 11.8. The van der Waals surface area contributed by atoms with Gasteiger partial charge in [0, 0.05) is 13.1 Å². The van der Waals surface area contributed by atoms with Crippen molar-refractivity contribution in [2.45, 2.75) is 13.3 Å². The standard InChI is InChI=1S/C10H13Cl2NO/c1-3-4-14-10-6-8(12)7(11)5-9(10)13-2/h5-6,13H,3-4H2,1-2H3. The Morgan fingerprint density at radius 3 is 2.50 bits per heavy atom. The lowest BCUT2D eigenvalue weighted by Crippen LogP contribution is -1.99. The van der Waals surface area contributed by atoms with E-state index in [1.807, 2.05) is 7.05 Å². The minimum Gasteiger partial charge on any atom is -0.491 e. The van der Waals surface area contributed by atoms with Crippen molar-refractivity contribution >= 4 is 28.9 Å². The lowest BCUT2D eigenvalue weighted by atomic mass is 10.3. The highest BCUT2D eigenvalue weighted by molar-refractivity contribution is 6.42. The number of nitrogens with one attached hydrogen (secondary N) is 1. The molecule has 0 fully saturated rings. The van der Waals surface area contributed by atoms with Crippen LogP contribution in [-0.4, -0.2) is 13.7 Å². The third kappa shape index (κ3) is 2.69. The molecular formula is C10H13Cl2NO. The van der Waals surface area contributed by atoms with Gasteiger partial charge in [-0.3, -0.25) is 0 Å². The van der Waals surface area contributed by atoms with Crippen LogP contribution in [0.5, 0.6) is 5.75 Å². The van der Waals surface area contributed by atoms with Crippen LogP contribution in [0.4, 0.5) is 5.69 Å². The molecule has 1 N–H and O–H groups in total. The zero-order valence-corrected chi connectivity index (χ0v) is 9.74. The smallest absolute Gasteiger partial charge is 0.143 e. The quantitative estimate of drug-likeness (QED) is 0.854. The molecule has 0 amide bonds.